The number of aliphatic hydroxyl groups excluding tert-OH is 1. The van der Waals surface area contributed by atoms with Gasteiger partial charge in [0, 0.05) is 55.8 Å². The number of esters is 3. The second kappa shape index (κ2) is 19.1. The maximum absolute atomic E-state index is 13.7. The van der Waals surface area contributed by atoms with Gasteiger partial charge in [-0.1, -0.05) is 65.5 Å². The van der Waals surface area contributed by atoms with E-state index in [-0.39, 0.29) is 50.6 Å². The van der Waals surface area contributed by atoms with E-state index < -0.39 is 59.4 Å². The number of aliphatic hydroxyl groups is 1. The van der Waals surface area contributed by atoms with Crippen LogP contribution in [0.25, 0.3) is 6.08 Å². The van der Waals surface area contributed by atoms with Crippen molar-refractivity contribution < 1.29 is 52.8 Å². The predicted molar refractivity (Wildman–Crippen MR) is 190 cm³/mol. The number of hydrogen-bond acceptors (Lipinski definition) is 11. The molecule has 2 saturated heterocycles. The molecule has 2 aliphatic heterocycles. The van der Waals surface area contributed by atoms with E-state index in [1.807, 2.05) is 0 Å². The van der Waals surface area contributed by atoms with Crippen molar-refractivity contribution in [2.24, 2.45) is 5.41 Å². The number of amides is 2. The minimum absolute atomic E-state index is 0.0364. The highest BCUT2D eigenvalue weighted by atomic mass is 16.8. The summed E-state index contributed by atoms with van der Waals surface area (Å²) in [6.45, 7) is 8.00. The summed E-state index contributed by atoms with van der Waals surface area (Å²) in [5, 5.41) is 14.3. The topological polar surface area (TPSA) is 176 Å². The molecule has 3 aliphatic rings. The normalized spacial score (nSPS) is 23.0. The summed E-state index contributed by atoms with van der Waals surface area (Å²) >= 11 is 0. The quantitative estimate of drug-likeness (QED) is 0.0802. The van der Waals surface area contributed by atoms with Crippen molar-refractivity contribution in [2.45, 2.75) is 122 Å². The highest BCUT2D eigenvalue weighted by Crippen LogP contribution is 2.43. The first-order valence-corrected chi connectivity index (χ1v) is 18.5. The molecule has 1 aliphatic carbocycles. The number of unbranched alkanes of at least 4 members (excludes halogenated alkanes) is 4. The van der Waals surface area contributed by atoms with Crippen LogP contribution in [0.15, 0.2) is 42.0 Å². The van der Waals surface area contributed by atoms with Crippen molar-refractivity contribution in [3.63, 3.8) is 0 Å². The monoisotopic (exact) mass is 726 g/mol. The second-order valence-electron chi connectivity index (χ2n) is 14.3. The summed E-state index contributed by atoms with van der Waals surface area (Å²) in [4.78, 5) is 63.5. The van der Waals surface area contributed by atoms with Crippen molar-refractivity contribution in [3.05, 3.63) is 53.1 Å². The molecule has 4 rings (SSSR count). The predicted octanol–water partition coefficient (Wildman–Crippen LogP) is 4.31. The Morgan fingerprint density at radius 2 is 1.71 bits per heavy atom. The zero-order valence-corrected chi connectivity index (χ0v) is 30.8. The van der Waals surface area contributed by atoms with Crippen LogP contribution in [0.1, 0.15) is 108 Å². The largest absolute Gasteiger partial charge is 0.462 e. The van der Waals surface area contributed by atoms with Crippen molar-refractivity contribution in [3.8, 4) is 0 Å². The molecule has 0 radical (unpaired) electrons. The van der Waals surface area contributed by atoms with Crippen molar-refractivity contribution >= 4 is 35.8 Å². The van der Waals surface area contributed by atoms with E-state index in [1.165, 1.54) is 12.2 Å². The lowest BCUT2D eigenvalue weighted by molar-refractivity contribution is -0.190. The number of ether oxygens (including phenoxy) is 5. The fourth-order valence-electron chi connectivity index (χ4n) is 6.52. The van der Waals surface area contributed by atoms with Crippen LogP contribution in [0, 0.1) is 5.41 Å². The number of carbonyl (C=O) groups excluding carboxylic acids is 5. The maximum Gasteiger partial charge on any atom is 0.348 e. The van der Waals surface area contributed by atoms with Gasteiger partial charge >= 0.3 is 17.9 Å². The molecule has 52 heavy (non-hydrogen) atoms. The van der Waals surface area contributed by atoms with Gasteiger partial charge in [-0.15, -0.1) is 0 Å². The summed E-state index contributed by atoms with van der Waals surface area (Å²) in [6, 6.07) is 6.51. The molecule has 0 aromatic heterocycles. The highest BCUT2D eigenvalue weighted by molar-refractivity contribution is 5.95. The molecule has 0 bridgehead atoms. The molecule has 2 heterocycles. The first kappa shape index (κ1) is 40.7. The first-order valence-electron chi connectivity index (χ1n) is 18.5. The van der Waals surface area contributed by atoms with Crippen LogP contribution < -0.4 is 10.6 Å². The molecule has 3 N–H and O–H groups in total. The SMILES string of the molecule is CCCCCC1(CCCCC)OC2C=C(C(=O)NCCC(=O)NCCO)CC(OC(=O)c3cccc(C=CC(=O)OC4C(=O)OCC4(C)C)c3)C2O1. The Morgan fingerprint density at radius 1 is 0.981 bits per heavy atom. The van der Waals surface area contributed by atoms with Crippen molar-refractivity contribution in [2.75, 3.05) is 26.3 Å². The van der Waals surface area contributed by atoms with E-state index in [0.717, 1.165) is 38.5 Å². The lowest BCUT2D eigenvalue weighted by atomic mass is 9.90. The van der Waals surface area contributed by atoms with E-state index in [9.17, 15) is 24.0 Å². The number of benzene rings is 1. The van der Waals surface area contributed by atoms with Gasteiger partial charge in [-0.2, -0.15) is 0 Å². The van der Waals surface area contributed by atoms with Crippen LogP contribution in [0.5, 0.6) is 0 Å². The van der Waals surface area contributed by atoms with Gasteiger partial charge in [-0.25, -0.2) is 14.4 Å². The summed E-state index contributed by atoms with van der Waals surface area (Å²) in [5.74, 6) is -3.53. The maximum atomic E-state index is 13.7. The molecule has 1 aromatic carbocycles. The zero-order chi connectivity index (χ0) is 37.7. The van der Waals surface area contributed by atoms with Gasteiger partial charge in [-0.05, 0) is 42.7 Å². The summed E-state index contributed by atoms with van der Waals surface area (Å²) in [5.41, 5.74) is 0.461. The zero-order valence-electron chi connectivity index (χ0n) is 30.8. The standard InChI is InChI=1S/C39H54N2O11/c1-5-7-9-17-39(18-10-8-6-2)51-30-24-28(35(45)41-19-16-31(43)40-20-21-42)23-29(33(30)52-39)49-36(46)27-13-11-12-26(22-27)14-15-32(44)50-34-37(47)48-25-38(34,3)4/h11-15,22,24,29-30,33-34,42H,5-10,16-21,23,25H2,1-4H3,(H,40,43)(H,41,45). The first-order chi connectivity index (χ1) is 24.9. The van der Waals surface area contributed by atoms with Crippen LogP contribution >= 0.6 is 0 Å². The summed E-state index contributed by atoms with van der Waals surface area (Å²) in [7, 11) is 0. The Hall–Kier alpha value is -4.07. The van der Waals surface area contributed by atoms with E-state index in [4.69, 9.17) is 28.8 Å². The Balaban J connectivity index is 1.49. The van der Waals surface area contributed by atoms with Gasteiger partial charge in [0.1, 0.15) is 24.9 Å². The molecule has 0 spiro atoms. The molecular weight excluding hydrogens is 672 g/mol. The van der Waals surface area contributed by atoms with Gasteiger partial charge < -0.3 is 39.4 Å². The van der Waals surface area contributed by atoms with Crippen molar-refractivity contribution in [1.82, 2.24) is 10.6 Å². The van der Waals surface area contributed by atoms with Gasteiger partial charge in [-0.3, -0.25) is 9.59 Å². The highest BCUT2D eigenvalue weighted by Gasteiger charge is 2.52. The average Bonchev–Trinajstić information content (AvgIpc) is 3.62. The minimum Gasteiger partial charge on any atom is -0.462 e. The minimum atomic E-state index is -1.01. The third-order valence-electron chi connectivity index (χ3n) is 9.40. The Morgan fingerprint density at radius 3 is 2.37 bits per heavy atom. The third kappa shape index (κ3) is 11.2. The molecule has 2 fully saturated rings. The summed E-state index contributed by atoms with van der Waals surface area (Å²) in [6.07, 6.45) is 8.62. The molecule has 286 valence electrons. The van der Waals surface area contributed by atoms with Crippen LogP contribution in [-0.2, 0) is 42.9 Å². The fourth-order valence-corrected chi connectivity index (χ4v) is 6.52. The molecule has 13 nitrogen and oxygen atoms in total. The number of fused-ring (bicyclic) bond motifs is 1. The van der Waals surface area contributed by atoms with E-state index in [2.05, 4.69) is 24.5 Å². The smallest absolute Gasteiger partial charge is 0.348 e. The number of rotatable bonds is 19. The second-order valence-corrected chi connectivity index (χ2v) is 14.3. The van der Waals surface area contributed by atoms with Crippen LogP contribution in [0.3, 0.4) is 0 Å². The van der Waals surface area contributed by atoms with Gasteiger partial charge in [0.2, 0.25) is 17.9 Å². The van der Waals surface area contributed by atoms with E-state index in [0.29, 0.717) is 24.0 Å². The molecule has 13 heteroatoms. The van der Waals surface area contributed by atoms with Crippen LogP contribution in [0.4, 0.5) is 0 Å². The lowest BCUT2D eigenvalue weighted by Crippen LogP contribution is -2.44. The summed E-state index contributed by atoms with van der Waals surface area (Å²) < 4.78 is 29.8. The molecule has 0 saturated carbocycles. The lowest BCUT2D eigenvalue weighted by Gasteiger charge is -2.31. The molecule has 2 amide bonds. The number of cyclic esters (lactones) is 1. The average molecular weight is 727 g/mol. The third-order valence-corrected chi connectivity index (χ3v) is 9.40. The van der Waals surface area contributed by atoms with Crippen LogP contribution in [0.2, 0.25) is 0 Å². The fraction of sp³-hybridized carbons (Fsp3) is 0.615. The number of hydrogen-bond donors (Lipinski definition) is 3. The molecular formula is C39H54N2O11. The molecule has 4 atom stereocenters. The van der Waals surface area contributed by atoms with E-state index in [1.54, 1.807) is 44.2 Å². The Bertz CT molecular complexity index is 1480. The Kier molecular flexibility index (Phi) is 15.0. The van der Waals surface area contributed by atoms with Gasteiger partial charge in [0.05, 0.1) is 12.2 Å². The van der Waals surface area contributed by atoms with Crippen molar-refractivity contribution in [1.29, 1.82) is 0 Å². The molecule has 4 unspecified atom stereocenters. The number of carbonyl (C=O) groups is 5. The van der Waals surface area contributed by atoms with Gasteiger partial charge in [0.15, 0.2) is 5.79 Å². The van der Waals surface area contributed by atoms with E-state index >= 15 is 0 Å². The number of nitrogens with one attached hydrogen (secondary N) is 2. The Labute approximate surface area is 305 Å². The van der Waals surface area contributed by atoms with Crippen LogP contribution in [-0.4, -0.2) is 91.3 Å². The van der Waals surface area contributed by atoms with Gasteiger partial charge in [0.25, 0.3) is 0 Å². The molecule has 1 aromatic rings.